The van der Waals surface area contributed by atoms with Crippen molar-refractivity contribution in [3.63, 3.8) is 0 Å². The van der Waals surface area contributed by atoms with Gasteiger partial charge >= 0.3 is 0 Å². The smallest absolute Gasteiger partial charge is 0.0981 e. The number of thiazole rings is 1. The van der Waals surface area contributed by atoms with Crippen LogP contribution in [0.5, 0.6) is 0 Å². The second kappa shape index (κ2) is 4.21. The predicted molar refractivity (Wildman–Crippen MR) is 59.9 cm³/mol. The summed E-state index contributed by atoms with van der Waals surface area (Å²) in [5, 5.41) is 14.4. The number of aliphatic hydroxyl groups is 1. The number of aromatic nitrogens is 1. The molecule has 0 saturated heterocycles. The normalized spacial score (nSPS) is 13.0. The Hall–Kier alpha value is -0.710. The zero-order valence-electron chi connectivity index (χ0n) is 7.80. The first kappa shape index (κ1) is 9.83. The fraction of sp³-hybridized carbons (Fsp3) is 0.300. The first-order chi connectivity index (χ1) is 6.75. The molecule has 0 bridgehead atoms. The van der Waals surface area contributed by atoms with Crippen molar-refractivity contribution in [2.45, 2.75) is 19.4 Å². The Balaban J connectivity index is 2.11. The Morgan fingerprint density at radius 3 is 2.93 bits per heavy atom. The van der Waals surface area contributed by atoms with Crippen LogP contribution in [0.3, 0.4) is 0 Å². The van der Waals surface area contributed by atoms with Crippen LogP contribution < -0.4 is 0 Å². The lowest BCUT2D eigenvalue weighted by Gasteiger charge is -1.96. The Labute approximate surface area is 90.9 Å². The van der Waals surface area contributed by atoms with E-state index in [1.807, 2.05) is 11.4 Å². The van der Waals surface area contributed by atoms with Crippen LogP contribution in [0, 0.1) is 0 Å². The summed E-state index contributed by atoms with van der Waals surface area (Å²) in [5.74, 6) is 0. The van der Waals surface area contributed by atoms with Gasteiger partial charge in [-0.1, -0.05) is 6.07 Å². The summed E-state index contributed by atoms with van der Waals surface area (Å²) in [7, 11) is 0. The van der Waals surface area contributed by atoms with Crippen LogP contribution in [0.2, 0.25) is 0 Å². The van der Waals surface area contributed by atoms with E-state index in [4.69, 9.17) is 0 Å². The number of nitrogens with zero attached hydrogens (tertiary/aromatic N) is 1. The van der Waals surface area contributed by atoms with Crippen LogP contribution in [0.1, 0.15) is 28.6 Å². The molecule has 0 saturated carbocycles. The first-order valence-corrected chi connectivity index (χ1v) is 6.16. The molecule has 2 heterocycles. The lowest BCUT2D eigenvalue weighted by Crippen LogP contribution is -1.91. The van der Waals surface area contributed by atoms with E-state index in [0.29, 0.717) is 0 Å². The van der Waals surface area contributed by atoms with Gasteiger partial charge < -0.3 is 5.11 Å². The van der Waals surface area contributed by atoms with E-state index in [0.717, 1.165) is 17.1 Å². The molecule has 0 fully saturated rings. The van der Waals surface area contributed by atoms with Crippen LogP contribution in [0.4, 0.5) is 0 Å². The van der Waals surface area contributed by atoms with Gasteiger partial charge in [-0.25, -0.2) is 4.98 Å². The SMILES string of the molecule is CC(O)c1csc(Cc2cccs2)n1. The molecule has 2 nitrogen and oxygen atoms in total. The lowest BCUT2D eigenvalue weighted by atomic mass is 10.3. The van der Waals surface area contributed by atoms with Gasteiger partial charge in [-0.15, -0.1) is 22.7 Å². The monoisotopic (exact) mass is 225 g/mol. The highest BCUT2D eigenvalue weighted by Gasteiger charge is 2.07. The summed E-state index contributed by atoms with van der Waals surface area (Å²) >= 11 is 3.35. The zero-order valence-corrected chi connectivity index (χ0v) is 9.44. The molecule has 14 heavy (non-hydrogen) atoms. The lowest BCUT2D eigenvalue weighted by molar-refractivity contribution is 0.195. The standard InChI is InChI=1S/C10H11NOS2/c1-7(12)9-6-14-10(11-9)5-8-3-2-4-13-8/h2-4,6-7,12H,5H2,1H3. The second-order valence-corrected chi connectivity index (χ2v) is 5.07. The molecule has 0 aliphatic heterocycles. The van der Waals surface area contributed by atoms with Gasteiger partial charge in [-0.3, -0.25) is 0 Å². The summed E-state index contributed by atoms with van der Waals surface area (Å²) in [6.07, 6.45) is 0.429. The van der Waals surface area contributed by atoms with Crippen molar-refractivity contribution in [1.29, 1.82) is 0 Å². The van der Waals surface area contributed by atoms with E-state index >= 15 is 0 Å². The maximum Gasteiger partial charge on any atom is 0.0981 e. The fourth-order valence-corrected chi connectivity index (χ4v) is 2.86. The second-order valence-electron chi connectivity index (χ2n) is 3.10. The van der Waals surface area contributed by atoms with Crippen molar-refractivity contribution in [3.05, 3.63) is 38.5 Å². The fourth-order valence-electron chi connectivity index (χ4n) is 1.16. The Morgan fingerprint density at radius 2 is 2.36 bits per heavy atom. The van der Waals surface area contributed by atoms with E-state index in [1.54, 1.807) is 29.6 Å². The molecule has 2 aromatic heterocycles. The molecule has 2 aromatic rings. The molecule has 74 valence electrons. The van der Waals surface area contributed by atoms with Crippen molar-refractivity contribution in [1.82, 2.24) is 4.98 Å². The van der Waals surface area contributed by atoms with Crippen molar-refractivity contribution >= 4 is 22.7 Å². The topological polar surface area (TPSA) is 33.1 Å². The molecule has 1 atom stereocenters. The molecule has 0 aliphatic rings. The first-order valence-electron chi connectivity index (χ1n) is 4.40. The van der Waals surface area contributed by atoms with E-state index in [-0.39, 0.29) is 0 Å². The number of hydrogen-bond donors (Lipinski definition) is 1. The van der Waals surface area contributed by atoms with E-state index in [1.165, 1.54) is 4.88 Å². The van der Waals surface area contributed by atoms with Crippen molar-refractivity contribution in [2.75, 3.05) is 0 Å². The minimum atomic E-state index is -0.455. The highest BCUT2D eigenvalue weighted by atomic mass is 32.1. The van der Waals surface area contributed by atoms with Gasteiger partial charge in [0.05, 0.1) is 16.8 Å². The van der Waals surface area contributed by atoms with Crippen LogP contribution in [0.25, 0.3) is 0 Å². The highest BCUT2D eigenvalue weighted by molar-refractivity contribution is 7.11. The van der Waals surface area contributed by atoms with Crippen LogP contribution >= 0.6 is 22.7 Å². The molecule has 0 aromatic carbocycles. The average Bonchev–Trinajstić information content (AvgIpc) is 2.75. The molecule has 0 radical (unpaired) electrons. The minimum absolute atomic E-state index is 0.455. The summed E-state index contributed by atoms with van der Waals surface area (Å²) < 4.78 is 0. The molecule has 1 unspecified atom stereocenters. The summed E-state index contributed by atoms with van der Waals surface area (Å²) in [4.78, 5) is 5.68. The summed E-state index contributed by atoms with van der Waals surface area (Å²) in [5.41, 5.74) is 0.779. The summed E-state index contributed by atoms with van der Waals surface area (Å²) in [6, 6.07) is 4.15. The van der Waals surface area contributed by atoms with Gasteiger partial charge in [0.25, 0.3) is 0 Å². The van der Waals surface area contributed by atoms with Gasteiger partial charge in [-0.05, 0) is 18.4 Å². The largest absolute Gasteiger partial charge is 0.387 e. The molecule has 1 N–H and O–H groups in total. The molecular formula is C10H11NOS2. The van der Waals surface area contributed by atoms with Crippen molar-refractivity contribution in [3.8, 4) is 0 Å². The Morgan fingerprint density at radius 1 is 1.50 bits per heavy atom. The zero-order chi connectivity index (χ0) is 9.97. The molecule has 0 aliphatic carbocycles. The Bertz CT molecular complexity index is 392. The van der Waals surface area contributed by atoms with E-state index in [9.17, 15) is 5.11 Å². The minimum Gasteiger partial charge on any atom is -0.387 e. The third-order valence-electron chi connectivity index (χ3n) is 1.90. The van der Waals surface area contributed by atoms with E-state index in [2.05, 4.69) is 16.4 Å². The van der Waals surface area contributed by atoms with Crippen LogP contribution in [-0.4, -0.2) is 10.1 Å². The van der Waals surface area contributed by atoms with Crippen LogP contribution in [0.15, 0.2) is 22.9 Å². The molecule has 0 spiro atoms. The predicted octanol–water partition coefficient (Wildman–Crippen LogP) is 2.85. The quantitative estimate of drug-likeness (QED) is 0.871. The Kier molecular flexibility index (Phi) is 2.96. The number of aliphatic hydroxyl groups excluding tert-OH is 1. The molecule has 0 amide bonds. The maximum atomic E-state index is 9.31. The third-order valence-corrected chi connectivity index (χ3v) is 3.65. The number of rotatable bonds is 3. The van der Waals surface area contributed by atoms with Gasteiger partial charge in [0, 0.05) is 16.7 Å². The van der Waals surface area contributed by atoms with Gasteiger partial charge in [0.1, 0.15) is 0 Å². The highest BCUT2D eigenvalue weighted by Crippen LogP contribution is 2.20. The molecular weight excluding hydrogens is 214 g/mol. The van der Waals surface area contributed by atoms with E-state index < -0.39 is 6.10 Å². The maximum absolute atomic E-state index is 9.31. The average molecular weight is 225 g/mol. The number of thiophene rings is 1. The third kappa shape index (κ3) is 2.20. The molecule has 4 heteroatoms. The van der Waals surface area contributed by atoms with Crippen LogP contribution in [-0.2, 0) is 6.42 Å². The summed E-state index contributed by atoms with van der Waals surface area (Å²) in [6.45, 7) is 1.74. The number of hydrogen-bond acceptors (Lipinski definition) is 4. The van der Waals surface area contributed by atoms with Gasteiger partial charge in [-0.2, -0.15) is 0 Å². The van der Waals surface area contributed by atoms with Crippen molar-refractivity contribution in [2.24, 2.45) is 0 Å². The van der Waals surface area contributed by atoms with Crippen molar-refractivity contribution < 1.29 is 5.11 Å². The van der Waals surface area contributed by atoms with Gasteiger partial charge in [0.15, 0.2) is 0 Å². The molecule has 2 rings (SSSR count). The van der Waals surface area contributed by atoms with Gasteiger partial charge in [0.2, 0.25) is 0 Å².